The Kier molecular flexibility index (Phi) is 10.7. The second-order valence-electron chi connectivity index (χ2n) is 5.18. The number of rotatable bonds is 9. The Morgan fingerprint density at radius 3 is 1.15 bits per heavy atom. The number of hydrogen-bond donors (Lipinski definition) is 0. The fourth-order valence-corrected chi connectivity index (χ4v) is 7.99. The van der Waals surface area contributed by atoms with E-state index in [0.29, 0.717) is 0 Å². The lowest BCUT2D eigenvalue weighted by atomic mass is 10.4. The van der Waals surface area contributed by atoms with Gasteiger partial charge in [-0.15, -0.1) is 0 Å². The monoisotopic (exact) mass is 350 g/mol. The van der Waals surface area contributed by atoms with Crippen molar-refractivity contribution in [1.82, 2.24) is 0 Å². The third kappa shape index (κ3) is 11.8. The van der Waals surface area contributed by atoms with E-state index in [1.54, 1.807) is 0 Å². The van der Waals surface area contributed by atoms with E-state index in [0.717, 1.165) is 0 Å². The number of phosphoric acid groups is 1. The molecule has 0 saturated carbocycles. The predicted molar refractivity (Wildman–Crippen MR) is 94.8 cm³/mol. The Bertz CT molecular complexity index is 359. The quantitative estimate of drug-likeness (QED) is 0.472. The molecule has 0 saturated heterocycles. The molecule has 0 aliphatic rings. The molecule has 0 aromatic heterocycles. The summed E-state index contributed by atoms with van der Waals surface area (Å²) in [6.07, 6.45) is 0. The lowest BCUT2D eigenvalue weighted by Crippen LogP contribution is -2.07. The normalized spacial score (nSPS) is 15.1. The van der Waals surface area contributed by atoms with Crippen LogP contribution in [-0.4, -0.2) is 29.3 Å². The van der Waals surface area contributed by atoms with Gasteiger partial charge in [0.15, 0.2) is 29.3 Å². The Balaban J connectivity index is 4.57. The van der Waals surface area contributed by atoms with Crippen LogP contribution in [0.15, 0.2) is 33.8 Å². The summed E-state index contributed by atoms with van der Waals surface area (Å²) in [5, 5.41) is 0. The summed E-state index contributed by atoms with van der Waals surface area (Å²) in [5.41, 5.74) is 9.53. The molecule has 0 unspecified atom stereocenters. The van der Waals surface area contributed by atoms with E-state index in [4.69, 9.17) is 12.6 Å². The molecular weight excluding hydrogens is 323 g/mol. The predicted octanol–water partition coefficient (Wildman–Crippen LogP) is 2.17. The maximum Gasteiger partial charge on any atom is 0.444 e. The zero-order chi connectivity index (χ0) is 15.6. The third-order valence-electron chi connectivity index (χ3n) is 2.17. The maximum absolute atomic E-state index is 12.5. The van der Waals surface area contributed by atoms with Gasteiger partial charge < -0.3 is 12.6 Å². The fourth-order valence-electron chi connectivity index (χ4n) is 0.997. The molecule has 0 atom stereocenters. The fraction of sp³-hybridized carbons (Fsp3) is 0.500. The van der Waals surface area contributed by atoms with E-state index in [2.05, 4.69) is 0 Å². The molecule has 0 aliphatic heterocycles. The molecule has 0 bridgehead atoms. The van der Waals surface area contributed by atoms with E-state index < -0.39 is 37.1 Å². The van der Waals surface area contributed by atoms with Crippen molar-refractivity contribution in [2.24, 2.45) is 0 Å². The van der Waals surface area contributed by atoms with E-state index in [1.165, 1.54) is 16.7 Å². The second kappa shape index (κ2) is 10.7. The Hall–Kier alpha value is -0.0194. The summed E-state index contributed by atoms with van der Waals surface area (Å²) in [6.45, 7) is 12.0. The molecule has 0 aliphatic carbocycles. The van der Waals surface area contributed by atoms with Crippen LogP contribution < -0.4 is 0 Å². The van der Waals surface area contributed by atoms with Crippen molar-refractivity contribution >= 4 is 37.1 Å². The highest BCUT2D eigenvalue weighted by molar-refractivity contribution is 7.52. The van der Waals surface area contributed by atoms with Crippen LogP contribution in [0.1, 0.15) is 41.5 Å². The van der Waals surface area contributed by atoms with Crippen LogP contribution in [-0.2, 0) is 17.2 Å². The number of hydrogen-bond acceptors (Lipinski definition) is 4. The van der Waals surface area contributed by atoms with Crippen LogP contribution in [0.5, 0.6) is 0 Å². The molecule has 0 aromatic rings. The van der Waals surface area contributed by atoms with Crippen molar-refractivity contribution in [2.45, 2.75) is 41.5 Å². The highest BCUT2D eigenvalue weighted by atomic mass is 31.2. The summed E-state index contributed by atoms with van der Waals surface area (Å²) in [4.78, 5) is 0. The Labute approximate surface area is 130 Å². The number of allylic oxidation sites excluding steroid dienone is 3. The van der Waals surface area contributed by atoms with Crippen LogP contribution in [0, 0.1) is 0 Å². The zero-order valence-corrected chi connectivity index (χ0v) is 18.6. The van der Waals surface area contributed by atoms with Crippen molar-refractivity contribution < 1.29 is 17.2 Å². The summed E-state index contributed by atoms with van der Waals surface area (Å²) >= 11 is 0. The standard InChI is InChI=1S/C12H27O4PSi3/c1-10(2)7-18-14-17(13,15-19-8-11(3)4)16-20-9-12(5)6/h7-9H,18-20H2,1-6H3. The lowest BCUT2D eigenvalue weighted by molar-refractivity contribution is 0.320. The molecule has 8 heteroatoms. The van der Waals surface area contributed by atoms with Crippen LogP contribution in [0.25, 0.3) is 0 Å². The average molecular weight is 351 g/mol. The first-order valence-corrected chi connectivity index (χ1v) is 12.3. The lowest BCUT2D eigenvalue weighted by Gasteiger charge is -2.17. The molecule has 0 radical (unpaired) electrons. The molecule has 4 nitrogen and oxygen atoms in total. The summed E-state index contributed by atoms with van der Waals surface area (Å²) in [7, 11) is -6.36. The van der Waals surface area contributed by atoms with Gasteiger partial charge >= 0.3 is 7.82 Å². The minimum Gasteiger partial charge on any atom is -0.334 e. The minimum atomic E-state index is -3.34. The van der Waals surface area contributed by atoms with Gasteiger partial charge in [0.05, 0.1) is 0 Å². The van der Waals surface area contributed by atoms with Crippen molar-refractivity contribution in [3.8, 4) is 0 Å². The average Bonchev–Trinajstić information content (AvgIpc) is 2.27. The van der Waals surface area contributed by atoms with Gasteiger partial charge in [0.2, 0.25) is 0 Å². The Morgan fingerprint density at radius 2 is 0.950 bits per heavy atom. The van der Waals surface area contributed by atoms with E-state index in [-0.39, 0.29) is 0 Å². The topological polar surface area (TPSA) is 44.8 Å². The third-order valence-corrected chi connectivity index (χ3v) is 10.7. The molecule has 20 heavy (non-hydrogen) atoms. The minimum absolute atomic E-state index is 1.01. The van der Waals surface area contributed by atoms with Gasteiger partial charge in [0, 0.05) is 0 Å². The molecule has 116 valence electrons. The summed E-state index contributed by atoms with van der Waals surface area (Å²) < 4.78 is 29.0. The van der Waals surface area contributed by atoms with Crippen molar-refractivity contribution in [3.05, 3.63) is 33.8 Å². The van der Waals surface area contributed by atoms with Gasteiger partial charge in [-0.1, -0.05) is 33.8 Å². The first kappa shape index (κ1) is 20.0. The molecule has 0 amide bonds. The van der Waals surface area contributed by atoms with E-state index in [1.807, 2.05) is 58.6 Å². The van der Waals surface area contributed by atoms with Crippen LogP contribution >= 0.6 is 7.82 Å². The second-order valence-corrected chi connectivity index (χ2v) is 11.4. The largest absolute Gasteiger partial charge is 0.444 e. The van der Waals surface area contributed by atoms with Gasteiger partial charge in [-0.25, -0.2) is 4.57 Å². The van der Waals surface area contributed by atoms with Gasteiger partial charge in [0.1, 0.15) is 0 Å². The molecule has 0 aromatic carbocycles. The summed E-state index contributed by atoms with van der Waals surface area (Å²) in [6, 6.07) is 0. The smallest absolute Gasteiger partial charge is 0.334 e. The van der Waals surface area contributed by atoms with E-state index in [9.17, 15) is 4.57 Å². The molecule has 0 fully saturated rings. The van der Waals surface area contributed by atoms with E-state index >= 15 is 0 Å². The van der Waals surface area contributed by atoms with Gasteiger partial charge in [-0.2, -0.15) is 0 Å². The van der Waals surface area contributed by atoms with Crippen molar-refractivity contribution in [1.29, 1.82) is 0 Å². The van der Waals surface area contributed by atoms with Crippen molar-refractivity contribution in [2.75, 3.05) is 0 Å². The molecule has 0 spiro atoms. The van der Waals surface area contributed by atoms with Gasteiger partial charge in [0.25, 0.3) is 0 Å². The zero-order valence-electron chi connectivity index (χ0n) is 13.4. The summed E-state index contributed by atoms with van der Waals surface area (Å²) in [5.74, 6) is 0. The van der Waals surface area contributed by atoms with Gasteiger partial charge in [-0.3, -0.25) is 0 Å². The van der Waals surface area contributed by atoms with Crippen LogP contribution in [0.3, 0.4) is 0 Å². The highest BCUT2D eigenvalue weighted by Crippen LogP contribution is 2.48. The molecular formula is C12H27O4PSi3. The van der Waals surface area contributed by atoms with Crippen molar-refractivity contribution in [3.63, 3.8) is 0 Å². The molecule has 0 rings (SSSR count). The molecule has 0 N–H and O–H groups in total. The highest BCUT2D eigenvalue weighted by Gasteiger charge is 2.23. The first-order chi connectivity index (χ1) is 9.25. The van der Waals surface area contributed by atoms with Gasteiger partial charge in [-0.05, 0) is 41.5 Å². The first-order valence-electron chi connectivity index (χ1n) is 6.69. The Morgan fingerprint density at radius 1 is 0.700 bits per heavy atom. The maximum atomic E-state index is 12.5. The molecule has 0 heterocycles. The van der Waals surface area contributed by atoms with Crippen LogP contribution in [0.2, 0.25) is 0 Å². The van der Waals surface area contributed by atoms with Crippen LogP contribution in [0.4, 0.5) is 0 Å². The SMILES string of the molecule is CC(C)=C[SiH2]OP(=O)(O[SiH2]C=C(C)C)O[SiH2]C=C(C)C.